The minimum Gasteiger partial charge on any atom is -0.336 e. The van der Waals surface area contributed by atoms with Gasteiger partial charge in [0.05, 0.1) is 14.1 Å². The number of carbonyl (C=O) groups is 1. The number of piperidine rings is 1. The Morgan fingerprint density at radius 1 is 1.00 bits per heavy atom. The molecule has 2 atom stereocenters. The SMILES string of the molecule is C[NH+](C)Cc1ccccc1-c1ccc2n(c1=O)C[C@H]1C[C@@H]2CN(C(=O)NC2CCCCC2)C1. The Balaban J connectivity index is 1.38. The molecule has 2 N–H and O–H groups in total. The lowest BCUT2D eigenvalue weighted by Crippen LogP contribution is -3.04. The van der Waals surface area contributed by atoms with Crippen molar-refractivity contribution in [3.63, 3.8) is 0 Å². The molecule has 2 aromatic rings. The van der Waals surface area contributed by atoms with Gasteiger partial charge < -0.3 is 19.7 Å². The Hall–Kier alpha value is -2.60. The minimum absolute atomic E-state index is 0.0872. The fourth-order valence-corrected chi connectivity index (χ4v) is 6.15. The van der Waals surface area contributed by atoms with Crippen LogP contribution in [-0.2, 0) is 13.1 Å². The fourth-order valence-electron chi connectivity index (χ4n) is 6.15. The van der Waals surface area contributed by atoms with Crippen LogP contribution < -0.4 is 15.8 Å². The zero-order valence-corrected chi connectivity index (χ0v) is 20.0. The van der Waals surface area contributed by atoms with Crippen molar-refractivity contribution in [2.45, 2.75) is 63.6 Å². The second-order valence-corrected chi connectivity index (χ2v) is 10.6. The number of nitrogens with one attached hydrogen (secondary N) is 2. The summed E-state index contributed by atoms with van der Waals surface area (Å²) >= 11 is 0. The van der Waals surface area contributed by atoms with Crippen LogP contribution in [0, 0.1) is 5.92 Å². The predicted octanol–water partition coefficient (Wildman–Crippen LogP) is 2.62. The van der Waals surface area contributed by atoms with E-state index in [9.17, 15) is 9.59 Å². The highest BCUT2D eigenvalue weighted by atomic mass is 16.2. The zero-order valence-electron chi connectivity index (χ0n) is 20.0. The Bertz CT molecular complexity index is 1070. The molecule has 1 saturated carbocycles. The third-order valence-corrected chi connectivity index (χ3v) is 7.68. The Labute approximate surface area is 196 Å². The molecule has 0 spiro atoms. The van der Waals surface area contributed by atoms with E-state index < -0.39 is 0 Å². The molecule has 5 rings (SSSR count). The van der Waals surface area contributed by atoms with Crippen molar-refractivity contribution in [3.05, 3.63) is 58.0 Å². The van der Waals surface area contributed by atoms with Gasteiger partial charge in [0.15, 0.2) is 0 Å². The summed E-state index contributed by atoms with van der Waals surface area (Å²) in [5.41, 5.74) is 4.25. The van der Waals surface area contributed by atoms with Gasteiger partial charge in [0.25, 0.3) is 5.56 Å². The molecule has 2 fully saturated rings. The van der Waals surface area contributed by atoms with Crippen LogP contribution in [0.1, 0.15) is 55.7 Å². The van der Waals surface area contributed by atoms with Crippen molar-refractivity contribution < 1.29 is 9.69 Å². The second kappa shape index (κ2) is 9.34. The molecular weight excluding hydrogens is 412 g/mol. The maximum atomic E-state index is 13.6. The number of benzene rings is 1. The standard InChI is InChI=1S/C27H36N4O2/c1-29(2)17-20-8-6-7-11-23(20)24-12-13-25-21-14-19(16-31(25)26(24)32)15-30(18-21)27(33)28-22-9-4-3-5-10-22/h6-8,11-13,19,21-22H,3-5,9-10,14-18H2,1-2H3,(H,28,33)/p+1/t19-,21+/m0/s1. The van der Waals surface area contributed by atoms with Gasteiger partial charge in [0, 0.05) is 48.4 Å². The van der Waals surface area contributed by atoms with E-state index >= 15 is 0 Å². The van der Waals surface area contributed by atoms with Crippen LogP contribution in [0.5, 0.6) is 0 Å². The highest BCUT2D eigenvalue weighted by molar-refractivity contribution is 5.75. The Morgan fingerprint density at radius 2 is 1.79 bits per heavy atom. The molecule has 3 heterocycles. The summed E-state index contributed by atoms with van der Waals surface area (Å²) < 4.78 is 2.00. The Morgan fingerprint density at radius 3 is 2.58 bits per heavy atom. The van der Waals surface area contributed by atoms with E-state index in [0.717, 1.165) is 49.2 Å². The van der Waals surface area contributed by atoms with Crippen molar-refractivity contribution in [1.29, 1.82) is 0 Å². The van der Waals surface area contributed by atoms with Gasteiger partial charge in [-0.05, 0) is 42.9 Å². The van der Waals surface area contributed by atoms with Crippen LogP contribution in [0.4, 0.5) is 4.79 Å². The lowest BCUT2D eigenvalue weighted by Gasteiger charge is -2.43. The molecule has 3 aliphatic rings. The maximum Gasteiger partial charge on any atom is 0.317 e. The maximum absolute atomic E-state index is 13.6. The highest BCUT2D eigenvalue weighted by Gasteiger charge is 2.37. The van der Waals surface area contributed by atoms with Gasteiger partial charge in [-0.25, -0.2) is 4.79 Å². The third-order valence-electron chi connectivity index (χ3n) is 7.68. The quantitative estimate of drug-likeness (QED) is 0.754. The van der Waals surface area contributed by atoms with Crippen LogP contribution >= 0.6 is 0 Å². The zero-order chi connectivity index (χ0) is 22.9. The van der Waals surface area contributed by atoms with E-state index in [4.69, 9.17) is 0 Å². The third kappa shape index (κ3) is 4.58. The fraction of sp³-hybridized carbons (Fsp3) is 0.556. The lowest BCUT2D eigenvalue weighted by molar-refractivity contribution is -0.872. The smallest absolute Gasteiger partial charge is 0.317 e. The molecule has 1 aliphatic carbocycles. The van der Waals surface area contributed by atoms with Gasteiger partial charge in [-0.3, -0.25) is 4.79 Å². The van der Waals surface area contributed by atoms with E-state index in [-0.39, 0.29) is 17.5 Å². The summed E-state index contributed by atoms with van der Waals surface area (Å²) in [6.45, 7) is 3.03. The first-order valence-corrected chi connectivity index (χ1v) is 12.7. The second-order valence-electron chi connectivity index (χ2n) is 10.6. The number of nitrogens with zero attached hydrogens (tertiary/aromatic N) is 2. The molecule has 6 heteroatoms. The van der Waals surface area contributed by atoms with Crippen molar-refractivity contribution in [1.82, 2.24) is 14.8 Å². The van der Waals surface area contributed by atoms with Gasteiger partial charge in [-0.2, -0.15) is 0 Å². The average Bonchev–Trinajstić information content (AvgIpc) is 2.80. The number of hydrogen-bond donors (Lipinski definition) is 2. The summed E-state index contributed by atoms with van der Waals surface area (Å²) in [7, 11) is 4.27. The molecular formula is C27H37N4O2+. The van der Waals surface area contributed by atoms with E-state index in [1.807, 2.05) is 21.6 Å². The molecule has 2 bridgehead atoms. The number of quaternary nitrogens is 1. The molecule has 1 aromatic carbocycles. The highest BCUT2D eigenvalue weighted by Crippen LogP contribution is 2.36. The largest absolute Gasteiger partial charge is 0.336 e. The molecule has 1 aromatic heterocycles. The number of carbonyl (C=O) groups excluding carboxylic acids is 1. The van der Waals surface area contributed by atoms with Crippen molar-refractivity contribution in [3.8, 4) is 11.1 Å². The first-order chi connectivity index (χ1) is 16.0. The normalized spacial score (nSPS) is 22.8. The van der Waals surface area contributed by atoms with Crippen LogP contribution in [0.25, 0.3) is 11.1 Å². The van der Waals surface area contributed by atoms with Gasteiger partial charge in [0.2, 0.25) is 0 Å². The van der Waals surface area contributed by atoms with Gasteiger partial charge in [0.1, 0.15) is 6.54 Å². The molecule has 0 unspecified atom stereocenters. The monoisotopic (exact) mass is 449 g/mol. The van der Waals surface area contributed by atoms with Gasteiger partial charge in [-0.1, -0.05) is 43.5 Å². The summed E-state index contributed by atoms with van der Waals surface area (Å²) in [6, 6.07) is 12.8. The van der Waals surface area contributed by atoms with E-state index in [0.29, 0.717) is 25.0 Å². The average molecular weight is 450 g/mol. The van der Waals surface area contributed by atoms with E-state index in [2.05, 4.69) is 43.7 Å². The van der Waals surface area contributed by atoms with Crippen molar-refractivity contribution in [2.75, 3.05) is 27.2 Å². The van der Waals surface area contributed by atoms with Gasteiger partial charge >= 0.3 is 6.03 Å². The number of likely N-dealkylation sites (tertiary alicyclic amines) is 1. The van der Waals surface area contributed by atoms with Gasteiger partial charge in [-0.15, -0.1) is 0 Å². The van der Waals surface area contributed by atoms with Crippen LogP contribution in [-0.4, -0.2) is 48.7 Å². The molecule has 176 valence electrons. The number of hydrogen-bond acceptors (Lipinski definition) is 2. The predicted molar refractivity (Wildman–Crippen MR) is 130 cm³/mol. The Kier molecular flexibility index (Phi) is 6.28. The first kappa shape index (κ1) is 22.2. The number of pyridine rings is 1. The number of amides is 2. The van der Waals surface area contributed by atoms with E-state index in [1.165, 1.54) is 29.7 Å². The molecule has 33 heavy (non-hydrogen) atoms. The first-order valence-electron chi connectivity index (χ1n) is 12.7. The summed E-state index contributed by atoms with van der Waals surface area (Å²) in [5.74, 6) is 0.570. The molecule has 2 aliphatic heterocycles. The minimum atomic E-state index is 0.0872. The van der Waals surface area contributed by atoms with Crippen LogP contribution in [0.15, 0.2) is 41.2 Å². The summed E-state index contributed by atoms with van der Waals surface area (Å²) in [5, 5.41) is 3.28. The number of fused-ring (bicyclic) bond motifs is 4. The number of urea groups is 1. The number of rotatable bonds is 4. The van der Waals surface area contributed by atoms with Crippen molar-refractivity contribution in [2.24, 2.45) is 5.92 Å². The number of aromatic nitrogens is 1. The molecule has 2 amide bonds. The van der Waals surface area contributed by atoms with Crippen LogP contribution in [0.2, 0.25) is 0 Å². The summed E-state index contributed by atoms with van der Waals surface area (Å²) in [6.07, 6.45) is 6.98. The molecule has 6 nitrogen and oxygen atoms in total. The summed E-state index contributed by atoms with van der Waals surface area (Å²) in [4.78, 5) is 29.9. The topological polar surface area (TPSA) is 58.8 Å². The van der Waals surface area contributed by atoms with Crippen molar-refractivity contribution >= 4 is 6.03 Å². The van der Waals surface area contributed by atoms with Crippen LogP contribution in [0.3, 0.4) is 0 Å². The van der Waals surface area contributed by atoms with E-state index in [1.54, 1.807) is 0 Å². The lowest BCUT2D eigenvalue weighted by atomic mass is 9.82. The molecule has 1 saturated heterocycles. The molecule has 0 radical (unpaired) electrons.